The number of sulfone groups is 1. The molecule has 2 aromatic rings. The molecule has 0 N–H and O–H groups in total. The highest BCUT2D eigenvalue weighted by atomic mass is 32.2. The van der Waals surface area contributed by atoms with Crippen LogP contribution in [-0.2, 0) is 9.84 Å². The van der Waals surface area contributed by atoms with Gasteiger partial charge in [-0.3, -0.25) is 9.48 Å². The zero-order valence-electron chi connectivity index (χ0n) is 16.7. The third-order valence-corrected chi connectivity index (χ3v) is 7.44. The predicted octanol–water partition coefficient (Wildman–Crippen LogP) is 1.31. The lowest BCUT2D eigenvalue weighted by Crippen LogP contribution is -2.47. The van der Waals surface area contributed by atoms with E-state index >= 15 is 0 Å². The molecule has 1 aromatic heterocycles. The van der Waals surface area contributed by atoms with E-state index in [9.17, 15) is 13.2 Å². The monoisotopic (exact) mass is 418 g/mol. The maximum absolute atomic E-state index is 13.0. The number of methoxy groups -OCH3 is 1. The second-order valence-corrected chi connectivity index (χ2v) is 9.97. The number of rotatable bonds is 4. The molecule has 0 saturated carbocycles. The van der Waals surface area contributed by atoms with Crippen molar-refractivity contribution in [1.29, 1.82) is 0 Å². The average molecular weight is 419 g/mol. The summed E-state index contributed by atoms with van der Waals surface area (Å²) in [6.07, 6.45) is 0.509. The highest BCUT2D eigenvalue weighted by Gasteiger charge is 2.33. The van der Waals surface area contributed by atoms with Crippen molar-refractivity contribution >= 4 is 15.7 Å². The molecule has 1 aromatic carbocycles. The van der Waals surface area contributed by atoms with Gasteiger partial charge >= 0.3 is 0 Å². The van der Waals surface area contributed by atoms with Gasteiger partial charge in [-0.1, -0.05) is 0 Å². The number of ether oxygens (including phenoxy) is 1. The number of hydrogen-bond acceptors (Lipinski definition) is 6. The molecule has 0 radical (unpaired) electrons. The molecular weight excluding hydrogens is 392 g/mol. The second kappa shape index (κ2) is 7.79. The highest BCUT2D eigenvalue weighted by molar-refractivity contribution is 7.91. The van der Waals surface area contributed by atoms with Gasteiger partial charge in [0.05, 0.1) is 30.4 Å². The molecule has 156 valence electrons. The SMILES string of the molecule is COc1ccc(-c2cc(C(=O)N3CCN(C)CC3)nn2[C@@H]2CCS(=O)(=O)C2)cc1. The number of benzene rings is 1. The quantitative estimate of drug-likeness (QED) is 0.744. The number of nitrogens with zero attached hydrogens (tertiary/aromatic N) is 4. The van der Waals surface area contributed by atoms with Gasteiger partial charge in [-0.05, 0) is 43.8 Å². The first-order valence-corrected chi connectivity index (χ1v) is 11.6. The summed E-state index contributed by atoms with van der Waals surface area (Å²) in [5.41, 5.74) is 2.00. The fraction of sp³-hybridized carbons (Fsp3) is 0.500. The first-order valence-electron chi connectivity index (χ1n) is 9.78. The van der Waals surface area contributed by atoms with Crippen LogP contribution in [0.2, 0.25) is 0 Å². The summed E-state index contributed by atoms with van der Waals surface area (Å²) in [4.78, 5) is 17.0. The maximum Gasteiger partial charge on any atom is 0.274 e. The van der Waals surface area contributed by atoms with Gasteiger partial charge < -0.3 is 14.5 Å². The van der Waals surface area contributed by atoms with Crippen LogP contribution < -0.4 is 4.74 Å². The number of carbonyl (C=O) groups is 1. The second-order valence-electron chi connectivity index (χ2n) is 7.74. The van der Waals surface area contributed by atoms with Crippen molar-refractivity contribution in [2.24, 2.45) is 0 Å². The van der Waals surface area contributed by atoms with Gasteiger partial charge in [0.2, 0.25) is 0 Å². The van der Waals surface area contributed by atoms with Crippen molar-refractivity contribution in [2.45, 2.75) is 12.5 Å². The van der Waals surface area contributed by atoms with Crippen molar-refractivity contribution < 1.29 is 17.9 Å². The van der Waals surface area contributed by atoms with Gasteiger partial charge in [0.1, 0.15) is 5.75 Å². The predicted molar refractivity (Wildman–Crippen MR) is 110 cm³/mol. The molecule has 2 aliphatic heterocycles. The summed E-state index contributed by atoms with van der Waals surface area (Å²) in [6, 6.07) is 9.03. The summed E-state index contributed by atoms with van der Waals surface area (Å²) in [6.45, 7) is 2.99. The van der Waals surface area contributed by atoms with Crippen LogP contribution in [0, 0.1) is 0 Å². The Hall–Kier alpha value is -2.39. The van der Waals surface area contributed by atoms with Gasteiger partial charge in [0.25, 0.3) is 5.91 Å². The first-order chi connectivity index (χ1) is 13.9. The van der Waals surface area contributed by atoms with E-state index in [0.717, 1.165) is 30.1 Å². The molecule has 9 heteroatoms. The molecule has 0 unspecified atom stereocenters. The molecule has 2 fully saturated rings. The topological polar surface area (TPSA) is 84.7 Å². The molecule has 2 saturated heterocycles. The van der Waals surface area contributed by atoms with Gasteiger partial charge in [0, 0.05) is 31.7 Å². The van der Waals surface area contributed by atoms with E-state index in [2.05, 4.69) is 10.00 Å². The number of carbonyl (C=O) groups excluding carboxylic acids is 1. The Labute approximate surface area is 171 Å². The highest BCUT2D eigenvalue weighted by Crippen LogP contribution is 2.31. The number of likely N-dealkylation sites (N-methyl/N-ethyl adjacent to an activating group) is 1. The Balaban J connectivity index is 1.69. The number of aromatic nitrogens is 2. The Bertz CT molecular complexity index is 992. The van der Waals surface area contributed by atoms with E-state index in [0.29, 0.717) is 25.2 Å². The van der Waals surface area contributed by atoms with Crippen LogP contribution in [0.25, 0.3) is 11.3 Å². The molecule has 3 heterocycles. The molecule has 0 bridgehead atoms. The zero-order valence-corrected chi connectivity index (χ0v) is 17.6. The number of amides is 1. The summed E-state index contributed by atoms with van der Waals surface area (Å²) in [5, 5.41) is 4.59. The Kier molecular flexibility index (Phi) is 5.35. The molecule has 0 aliphatic carbocycles. The lowest BCUT2D eigenvalue weighted by atomic mass is 10.1. The third-order valence-electron chi connectivity index (χ3n) is 5.69. The van der Waals surface area contributed by atoms with Gasteiger partial charge in [-0.2, -0.15) is 5.10 Å². The lowest BCUT2D eigenvalue weighted by Gasteiger charge is -2.31. The van der Waals surface area contributed by atoms with Crippen LogP contribution >= 0.6 is 0 Å². The normalized spacial score (nSPS) is 22.0. The molecule has 4 rings (SSSR count). The van der Waals surface area contributed by atoms with E-state index in [-0.39, 0.29) is 23.5 Å². The zero-order chi connectivity index (χ0) is 20.6. The van der Waals surface area contributed by atoms with E-state index in [4.69, 9.17) is 4.74 Å². The molecule has 1 amide bonds. The molecule has 0 spiro atoms. The minimum absolute atomic E-state index is 0.0555. The van der Waals surface area contributed by atoms with Crippen LogP contribution in [0.3, 0.4) is 0 Å². The number of piperazine rings is 1. The molecule has 1 atom stereocenters. The number of hydrogen-bond donors (Lipinski definition) is 0. The van der Waals surface area contributed by atoms with Crippen molar-refractivity contribution in [1.82, 2.24) is 19.6 Å². The summed E-state index contributed by atoms with van der Waals surface area (Å²) in [5.74, 6) is 0.839. The van der Waals surface area contributed by atoms with E-state index in [1.165, 1.54) is 0 Å². The largest absolute Gasteiger partial charge is 0.497 e. The standard InChI is InChI=1S/C20H26N4O4S/c1-22-8-10-23(11-9-22)20(25)18-13-19(15-3-5-17(28-2)6-4-15)24(21-18)16-7-12-29(26,27)14-16/h3-6,13,16H,7-12,14H2,1-2H3/t16-/m1/s1. The Morgan fingerprint density at radius 1 is 1.14 bits per heavy atom. The van der Waals surface area contributed by atoms with E-state index < -0.39 is 9.84 Å². The van der Waals surface area contributed by atoms with E-state index in [1.54, 1.807) is 17.9 Å². The van der Waals surface area contributed by atoms with Crippen LogP contribution in [0.15, 0.2) is 30.3 Å². The summed E-state index contributed by atoms with van der Waals surface area (Å²) >= 11 is 0. The van der Waals surface area contributed by atoms with Crippen LogP contribution in [0.4, 0.5) is 0 Å². The third kappa shape index (κ3) is 4.16. The lowest BCUT2D eigenvalue weighted by molar-refractivity contribution is 0.0657. The van der Waals surface area contributed by atoms with Crippen molar-refractivity contribution in [3.05, 3.63) is 36.0 Å². The average Bonchev–Trinajstić information content (AvgIpc) is 3.31. The first kappa shape index (κ1) is 19.9. The molecule has 8 nitrogen and oxygen atoms in total. The maximum atomic E-state index is 13.0. The van der Waals surface area contributed by atoms with Crippen LogP contribution in [0.5, 0.6) is 5.75 Å². The van der Waals surface area contributed by atoms with Crippen molar-refractivity contribution in [3.8, 4) is 17.0 Å². The van der Waals surface area contributed by atoms with Gasteiger partial charge in [-0.15, -0.1) is 0 Å². The Morgan fingerprint density at radius 2 is 1.83 bits per heavy atom. The smallest absolute Gasteiger partial charge is 0.274 e. The molecule has 2 aliphatic rings. The molecule has 29 heavy (non-hydrogen) atoms. The Morgan fingerprint density at radius 3 is 2.41 bits per heavy atom. The minimum atomic E-state index is -3.07. The van der Waals surface area contributed by atoms with Crippen LogP contribution in [-0.4, -0.2) is 85.7 Å². The fourth-order valence-corrected chi connectivity index (χ4v) is 5.59. The minimum Gasteiger partial charge on any atom is -0.497 e. The summed E-state index contributed by atoms with van der Waals surface area (Å²) < 4.78 is 31.0. The van der Waals surface area contributed by atoms with Gasteiger partial charge in [-0.25, -0.2) is 8.42 Å². The fourth-order valence-electron chi connectivity index (χ4n) is 3.89. The van der Waals surface area contributed by atoms with E-state index in [1.807, 2.05) is 36.2 Å². The van der Waals surface area contributed by atoms with Gasteiger partial charge in [0.15, 0.2) is 15.5 Å². The van der Waals surface area contributed by atoms with Crippen LogP contribution in [0.1, 0.15) is 23.0 Å². The van der Waals surface area contributed by atoms with Crippen molar-refractivity contribution in [2.75, 3.05) is 51.8 Å². The summed E-state index contributed by atoms with van der Waals surface area (Å²) in [7, 11) is 0.575. The molecular formula is C20H26N4O4S. The van der Waals surface area contributed by atoms with Crippen molar-refractivity contribution in [3.63, 3.8) is 0 Å².